The summed E-state index contributed by atoms with van der Waals surface area (Å²) in [6, 6.07) is 1.61. The number of hydrogen-bond donors (Lipinski definition) is 3. The Morgan fingerprint density at radius 3 is 2.21 bits per heavy atom. The molecule has 3 aliphatic carbocycles. The van der Waals surface area contributed by atoms with Crippen LogP contribution in [0.3, 0.4) is 0 Å². The van der Waals surface area contributed by atoms with E-state index in [1.165, 1.54) is 51.7 Å². The lowest BCUT2D eigenvalue weighted by atomic mass is 9.59. The summed E-state index contributed by atoms with van der Waals surface area (Å²) in [5, 5.41) is 11.7. The fourth-order valence-corrected chi connectivity index (χ4v) is 8.28. The normalized spacial score (nSPS) is 66.9. The molecule has 0 aromatic carbocycles. The fraction of sp³-hybridized carbons (Fsp3) is 1.00. The van der Waals surface area contributed by atoms with Gasteiger partial charge in [-0.05, 0) is 79.1 Å². The van der Waals surface area contributed by atoms with Crippen molar-refractivity contribution in [2.75, 3.05) is 19.6 Å². The maximum atomic E-state index is 3.98. The molecule has 0 radical (unpaired) electrons. The predicted molar refractivity (Wildman–Crippen MR) is 96.7 cm³/mol. The molecule has 0 aromatic rings. The number of nitrogens with one attached hydrogen (secondary N) is 3. The monoisotopic (exact) mass is 329 g/mol. The topological polar surface area (TPSA) is 46.0 Å². The number of hydrogen-bond acceptors (Lipinski definition) is 3. The highest BCUT2D eigenvalue weighted by Crippen LogP contribution is 2.70. The first-order valence-electron chi connectivity index (χ1n) is 10.7. The van der Waals surface area contributed by atoms with Gasteiger partial charge in [-0.15, -0.1) is 0 Å². The standard InChI is InChI=1S/C21H35N3/c1-12-6-21(11-24-21)17(12)16-9-20(4-5-22-16)14(3)18(20)15-8-19(10-23-15)7-13(19)2/h12-18,22-24H,4-11H2,1-3H3. The molecule has 6 fully saturated rings. The van der Waals surface area contributed by atoms with Gasteiger partial charge in [-0.1, -0.05) is 20.8 Å². The van der Waals surface area contributed by atoms with E-state index in [1.54, 1.807) is 0 Å². The van der Waals surface area contributed by atoms with Crippen molar-refractivity contribution in [2.45, 2.75) is 70.5 Å². The zero-order chi connectivity index (χ0) is 16.3. The summed E-state index contributed by atoms with van der Waals surface area (Å²) >= 11 is 0. The quantitative estimate of drug-likeness (QED) is 0.682. The van der Waals surface area contributed by atoms with Crippen LogP contribution in [0.25, 0.3) is 0 Å². The Morgan fingerprint density at radius 2 is 1.58 bits per heavy atom. The van der Waals surface area contributed by atoms with E-state index in [0.717, 1.165) is 41.7 Å². The Balaban J connectivity index is 1.19. The Hall–Kier alpha value is -0.120. The zero-order valence-electron chi connectivity index (χ0n) is 15.7. The van der Waals surface area contributed by atoms with Crippen LogP contribution in [0, 0.1) is 40.4 Å². The van der Waals surface area contributed by atoms with Crippen molar-refractivity contribution < 1.29 is 0 Å². The van der Waals surface area contributed by atoms with Gasteiger partial charge in [0.05, 0.1) is 0 Å². The van der Waals surface area contributed by atoms with E-state index in [1.807, 2.05) is 0 Å². The van der Waals surface area contributed by atoms with Gasteiger partial charge < -0.3 is 16.0 Å². The van der Waals surface area contributed by atoms with Crippen molar-refractivity contribution in [3.8, 4) is 0 Å². The smallest absolute Gasteiger partial charge is 0.0355 e. The molecule has 10 atom stereocenters. The van der Waals surface area contributed by atoms with Gasteiger partial charge in [0.1, 0.15) is 0 Å². The van der Waals surface area contributed by atoms with Gasteiger partial charge in [0, 0.05) is 30.7 Å². The Kier molecular flexibility index (Phi) is 2.75. The predicted octanol–water partition coefficient (Wildman–Crippen LogP) is 2.38. The zero-order valence-corrected chi connectivity index (χ0v) is 15.7. The third-order valence-electron chi connectivity index (χ3n) is 9.97. The average Bonchev–Trinajstić information content (AvgIpc) is 3.46. The first-order chi connectivity index (χ1) is 11.5. The second kappa shape index (κ2) is 4.40. The molecule has 6 rings (SSSR count). The molecule has 134 valence electrons. The van der Waals surface area contributed by atoms with Gasteiger partial charge in [-0.2, -0.15) is 0 Å². The molecule has 0 bridgehead atoms. The van der Waals surface area contributed by atoms with E-state index in [0.29, 0.717) is 16.4 Å². The Bertz CT molecular complexity index is 571. The first-order valence-corrected chi connectivity index (χ1v) is 10.7. The summed E-state index contributed by atoms with van der Waals surface area (Å²) in [5.41, 5.74) is 1.94. The molecule has 3 aliphatic heterocycles. The van der Waals surface area contributed by atoms with Crippen molar-refractivity contribution >= 4 is 0 Å². The maximum absolute atomic E-state index is 3.98. The summed E-state index contributed by atoms with van der Waals surface area (Å²) in [4.78, 5) is 0. The van der Waals surface area contributed by atoms with E-state index in [4.69, 9.17) is 0 Å². The van der Waals surface area contributed by atoms with Crippen LogP contribution in [0.2, 0.25) is 0 Å². The highest BCUT2D eigenvalue weighted by molar-refractivity contribution is 5.25. The highest BCUT2D eigenvalue weighted by Gasteiger charge is 2.70. The Labute approximate surface area is 147 Å². The van der Waals surface area contributed by atoms with E-state index in [2.05, 4.69) is 36.7 Å². The van der Waals surface area contributed by atoms with Crippen molar-refractivity contribution in [3.63, 3.8) is 0 Å². The van der Waals surface area contributed by atoms with Crippen LogP contribution in [-0.4, -0.2) is 37.3 Å². The fourth-order valence-electron chi connectivity index (χ4n) is 8.28. The maximum Gasteiger partial charge on any atom is 0.0355 e. The molecule has 3 saturated heterocycles. The summed E-state index contributed by atoms with van der Waals surface area (Å²) in [5.74, 6) is 4.71. The summed E-state index contributed by atoms with van der Waals surface area (Å²) in [6.45, 7) is 11.4. The van der Waals surface area contributed by atoms with Crippen molar-refractivity contribution in [3.05, 3.63) is 0 Å². The first kappa shape index (κ1) is 15.0. The van der Waals surface area contributed by atoms with E-state index in [-0.39, 0.29) is 0 Å². The average molecular weight is 330 g/mol. The summed E-state index contributed by atoms with van der Waals surface area (Å²) < 4.78 is 0. The minimum Gasteiger partial charge on any atom is -0.314 e. The summed E-state index contributed by atoms with van der Waals surface area (Å²) in [7, 11) is 0. The van der Waals surface area contributed by atoms with Gasteiger partial charge in [-0.25, -0.2) is 0 Å². The largest absolute Gasteiger partial charge is 0.314 e. The highest BCUT2D eigenvalue weighted by atomic mass is 15.2. The molecule has 3 nitrogen and oxygen atoms in total. The second-order valence-electron chi connectivity index (χ2n) is 10.9. The minimum absolute atomic E-state index is 0.558. The van der Waals surface area contributed by atoms with Crippen LogP contribution in [0.4, 0.5) is 0 Å². The molecular weight excluding hydrogens is 294 g/mol. The Morgan fingerprint density at radius 1 is 0.833 bits per heavy atom. The van der Waals surface area contributed by atoms with Gasteiger partial charge in [0.2, 0.25) is 0 Å². The van der Waals surface area contributed by atoms with Crippen molar-refractivity contribution in [2.24, 2.45) is 40.4 Å². The lowest BCUT2D eigenvalue weighted by Gasteiger charge is -2.50. The molecule has 24 heavy (non-hydrogen) atoms. The molecule has 6 aliphatic rings. The van der Waals surface area contributed by atoms with Gasteiger partial charge in [0.25, 0.3) is 0 Å². The van der Waals surface area contributed by atoms with E-state index < -0.39 is 0 Å². The molecule has 3 spiro atoms. The SMILES string of the molecule is CC1CC2(CN2)C1C1CC2(CCN1)C(C)C2C1CC2(CN1)CC2C. The van der Waals surface area contributed by atoms with Gasteiger partial charge in [0.15, 0.2) is 0 Å². The molecule has 3 heterocycles. The van der Waals surface area contributed by atoms with E-state index >= 15 is 0 Å². The number of piperidine rings is 1. The van der Waals surface area contributed by atoms with Crippen LogP contribution in [0.15, 0.2) is 0 Å². The van der Waals surface area contributed by atoms with Crippen LogP contribution in [-0.2, 0) is 0 Å². The lowest BCUT2D eigenvalue weighted by molar-refractivity contribution is 0.0494. The molecule has 0 amide bonds. The minimum atomic E-state index is 0.558. The second-order valence-corrected chi connectivity index (χ2v) is 10.9. The van der Waals surface area contributed by atoms with Gasteiger partial charge in [-0.3, -0.25) is 0 Å². The van der Waals surface area contributed by atoms with E-state index in [9.17, 15) is 0 Å². The molecule has 3 saturated carbocycles. The molecule has 0 aromatic heterocycles. The lowest BCUT2D eigenvalue weighted by Crippen LogP contribution is -2.59. The molecule has 10 unspecified atom stereocenters. The van der Waals surface area contributed by atoms with Crippen LogP contribution in [0.1, 0.15) is 52.9 Å². The van der Waals surface area contributed by atoms with Crippen LogP contribution >= 0.6 is 0 Å². The summed E-state index contributed by atoms with van der Waals surface area (Å²) in [6.07, 6.45) is 7.28. The molecule has 3 heteroatoms. The van der Waals surface area contributed by atoms with Crippen LogP contribution in [0.5, 0.6) is 0 Å². The van der Waals surface area contributed by atoms with Crippen molar-refractivity contribution in [1.29, 1.82) is 0 Å². The number of rotatable bonds is 2. The third kappa shape index (κ3) is 1.75. The van der Waals surface area contributed by atoms with Gasteiger partial charge >= 0.3 is 0 Å². The van der Waals surface area contributed by atoms with Crippen LogP contribution < -0.4 is 16.0 Å². The van der Waals surface area contributed by atoms with Crippen molar-refractivity contribution in [1.82, 2.24) is 16.0 Å². The molecule has 3 N–H and O–H groups in total. The molecular formula is C21H35N3. The third-order valence-corrected chi connectivity index (χ3v) is 9.97.